The van der Waals surface area contributed by atoms with Crippen LogP contribution in [0.1, 0.15) is 53.6 Å². The van der Waals surface area contributed by atoms with Crippen molar-refractivity contribution < 1.29 is 14.3 Å². The van der Waals surface area contributed by atoms with Crippen molar-refractivity contribution in [3.05, 3.63) is 88.4 Å². The van der Waals surface area contributed by atoms with Crippen LogP contribution in [0, 0.1) is 6.92 Å². The van der Waals surface area contributed by atoms with Crippen LogP contribution in [-0.2, 0) is 4.74 Å². The highest BCUT2D eigenvalue weighted by Gasteiger charge is 2.19. The molecule has 0 bridgehead atoms. The van der Waals surface area contributed by atoms with E-state index in [1.807, 2.05) is 49.4 Å². The summed E-state index contributed by atoms with van der Waals surface area (Å²) in [6.45, 7) is 1.90. The summed E-state index contributed by atoms with van der Waals surface area (Å²) >= 11 is 6.47. The van der Waals surface area contributed by atoms with Crippen LogP contribution in [0.2, 0.25) is 5.02 Å². The Kier molecular flexibility index (Phi) is 7.30. The number of ketones is 1. The fraction of sp³-hybridized carbons (Fsp3) is 0.259. The number of aryl methyl sites for hydroxylation is 1. The Hall–Kier alpha value is -3.31. The molecule has 0 aromatic heterocycles. The molecule has 3 aromatic rings. The van der Waals surface area contributed by atoms with Crippen molar-refractivity contribution in [1.29, 1.82) is 0 Å². The van der Waals surface area contributed by atoms with Gasteiger partial charge in [-0.2, -0.15) is 0 Å². The number of amides is 1. The molecule has 0 aliphatic heterocycles. The fourth-order valence-electron chi connectivity index (χ4n) is 4.08. The van der Waals surface area contributed by atoms with Crippen molar-refractivity contribution in [2.45, 2.75) is 45.1 Å². The molecular formula is C27H27ClN2O3. The predicted octanol–water partition coefficient (Wildman–Crippen LogP) is 7.50. The van der Waals surface area contributed by atoms with Crippen molar-refractivity contribution in [3.8, 4) is 0 Å². The van der Waals surface area contributed by atoms with E-state index in [0.29, 0.717) is 33.2 Å². The zero-order chi connectivity index (χ0) is 23.2. The summed E-state index contributed by atoms with van der Waals surface area (Å²) < 4.78 is 5.58. The van der Waals surface area contributed by atoms with Gasteiger partial charge in [-0.25, -0.2) is 4.79 Å². The van der Waals surface area contributed by atoms with Crippen molar-refractivity contribution in [2.75, 3.05) is 10.6 Å². The standard InChI is InChI=1S/C27H27ClN2O3/c1-18-9-5-6-12-21(18)26(31)22-16-15-19(17-23(22)28)29-24-13-7-8-14-25(24)30-27(32)33-20-10-3-2-4-11-20/h5-9,12-17,20,29H,2-4,10-11H2,1H3,(H,30,32). The first kappa shape index (κ1) is 22.9. The Balaban J connectivity index is 1.47. The lowest BCUT2D eigenvalue weighted by Gasteiger charge is -2.22. The highest BCUT2D eigenvalue weighted by Crippen LogP contribution is 2.30. The van der Waals surface area contributed by atoms with E-state index in [9.17, 15) is 9.59 Å². The Labute approximate surface area is 199 Å². The third kappa shape index (κ3) is 5.74. The largest absolute Gasteiger partial charge is 0.446 e. The highest BCUT2D eigenvalue weighted by molar-refractivity contribution is 6.35. The van der Waals surface area contributed by atoms with E-state index in [0.717, 1.165) is 31.2 Å². The summed E-state index contributed by atoms with van der Waals surface area (Å²) in [5.74, 6) is -0.114. The van der Waals surface area contributed by atoms with Crippen LogP contribution in [0.25, 0.3) is 0 Å². The van der Waals surface area contributed by atoms with Gasteiger partial charge in [0.2, 0.25) is 0 Å². The molecule has 1 saturated carbocycles. The number of benzene rings is 3. The molecule has 5 nitrogen and oxygen atoms in total. The number of halogens is 1. The minimum Gasteiger partial charge on any atom is -0.446 e. The lowest BCUT2D eigenvalue weighted by atomic mass is 9.98. The second kappa shape index (κ2) is 10.5. The second-order valence-corrected chi connectivity index (χ2v) is 8.71. The maximum Gasteiger partial charge on any atom is 0.411 e. The van der Waals surface area contributed by atoms with Gasteiger partial charge in [0.05, 0.1) is 16.4 Å². The molecular weight excluding hydrogens is 436 g/mol. The minimum atomic E-state index is -0.451. The number of carbonyl (C=O) groups excluding carboxylic acids is 2. The zero-order valence-electron chi connectivity index (χ0n) is 18.6. The van der Waals surface area contributed by atoms with Crippen molar-refractivity contribution in [3.63, 3.8) is 0 Å². The number of hydrogen-bond acceptors (Lipinski definition) is 4. The molecule has 0 spiro atoms. The lowest BCUT2D eigenvalue weighted by Crippen LogP contribution is -2.24. The average Bonchev–Trinajstić information content (AvgIpc) is 2.81. The number of nitrogens with one attached hydrogen (secondary N) is 2. The third-order valence-electron chi connectivity index (χ3n) is 5.87. The quantitative estimate of drug-likeness (QED) is 0.372. The Bertz CT molecular complexity index is 1160. The maximum absolute atomic E-state index is 12.9. The van der Waals surface area contributed by atoms with Crippen molar-refractivity contribution in [2.24, 2.45) is 0 Å². The van der Waals surface area contributed by atoms with Crippen LogP contribution in [0.5, 0.6) is 0 Å². The third-order valence-corrected chi connectivity index (χ3v) is 6.18. The molecule has 0 saturated heterocycles. The molecule has 1 aliphatic rings. The molecule has 0 atom stereocenters. The number of carbonyl (C=O) groups is 2. The van der Waals surface area contributed by atoms with E-state index in [1.54, 1.807) is 24.3 Å². The molecule has 0 heterocycles. The van der Waals surface area contributed by atoms with Gasteiger partial charge in [0.25, 0.3) is 0 Å². The SMILES string of the molecule is Cc1ccccc1C(=O)c1ccc(Nc2ccccc2NC(=O)OC2CCCCC2)cc1Cl. The summed E-state index contributed by atoms with van der Waals surface area (Å²) in [7, 11) is 0. The van der Waals surface area contributed by atoms with Gasteiger partial charge < -0.3 is 10.1 Å². The van der Waals surface area contributed by atoms with Crippen molar-refractivity contribution >= 4 is 40.5 Å². The Morgan fingerprint density at radius 1 is 0.879 bits per heavy atom. The summed E-state index contributed by atoms with van der Waals surface area (Å²) in [6.07, 6.45) is 4.76. The van der Waals surface area contributed by atoms with E-state index >= 15 is 0 Å². The number of anilines is 3. The van der Waals surface area contributed by atoms with Crippen molar-refractivity contribution in [1.82, 2.24) is 0 Å². The molecule has 0 unspecified atom stereocenters. The number of ether oxygens (including phenoxy) is 1. The molecule has 6 heteroatoms. The van der Waals surface area contributed by atoms with Gasteiger partial charge in [-0.15, -0.1) is 0 Å². The molecule has 2 N–H and O–H groups in total. The van der Waals surface area contributed by atoms with Crippen LogP contribution >= 0.6 is 11.6 Å². The van der Waals surface area contributed by atoms with Gasteiger partial charge >= 0.3 is 6.09 Å². The van der Waals surface area contributed by atoms with Crippen LogP contribution in [0.15, 0.2) is 66.7 Å². The van der Waals surface area contributed by atoms with Gasteiger partial charge in [-0.3, -0.25) is 10.1 Å². The second-order valence-electron chi connectivity index (χ2n) is 8.30. The summed E-state index contributed by atoms with van der Waals surface area (Å²) in [5.41, 5.74) is 3.99. The fourth-order valence-corrected chi connectivity index (χ4v) is 4.35. The monoisotopic (exact) mass is 462 g/mol. The maximum atomic E-state index is 12.9. The highest BCUT2D eigenvalue weighted by atomic mass is 35.5. The predicted molar refractivity (Wildman–Crippen MR) is 133 cm³/mol. The van der Waals surface area contributed by atoms with Gasteiger partial charge in [-0.05, 0) is 68.5 Å². The molecule has 1 amide bonds. The summed E-state index contributed by atoms with van der Waals surface area (Å²) in [5, 5.41) is 6.47. The molecule has 3 aromatic carbocycles. The minimum absolute atomic E-state index is 0.0176. The van der Waals surface area contributed by atoms with Crippen LogP contribution < -0.4 is 10.6 Å². The first-order valence-corrected chi connectivity index (χ1v) is 11.6. The lowest BCUT2D eigenvalue weighted by molar-refractivity contribution is 0.0865. The summed E-state index contributed by atoms with van der Waals surface area (Å²) in [4.78, 5) is 25.3. The molecule has 4 rings (SSSR count). The van der Waals surface area contributed by atoms with Gasteiger partial charge in [0, 0.05) is 16.8 Å². The van der Waals surface area contributed by atoms with Crippen LogP contribution in [0.3, 0.4) is 0 Å². The average molecular weight is 463 g/mol. The van der Waals surface area contributed by atoms with E-state index in [2.05, 4.69) is 10.6 Å². The Morgan fingerprint density at radius 3 is 2.30 bits per heavy atom. The van der Waals surface area contributed by atoms with Crippen LogP contribution in [0.4, 0.5) is 21.9 Å². The molecule has 1 fully saturated rings. The zero-order valence-corrected chi connectivity index (χ0v) is 19.3. The number of rotatable bonds is 6. The van der Waals surface area contributed by atoms with E-state index < -0.39 is 6.09 Å². The molecule has 33 heavy (non-hydrogen) atoms. The van der Waals surface area contributed by atoms with Gasteiger partial charge in [0.1, 0.15) is 6.10 Å². The summed E-state index contributed by atoms with van der Waals surface area (Å²) in [6, 6.07) is 20.1. The molecule has 0 radical (unpaired) electrons. The first-order valence-electron chi connectivity index (χ1n) is 11.2. The van der Waals surface area contributed by atoms with E-state index in [1.165, 1.54) is 6.42 Å². The van der Waals surface area contributed by atoms with E-state index in [-0.39, 0.29) is 11.9 Å². The van der Waals surface area contributed by atoms with Gasteiger partial charge in [-0.1, -0.05) is 54.4 Å². The van der Waals surface area contributed by atoms with Crippen LogP contribution in [-0.4, -0.2) is 18.0 Å². The first-order chi connectivity index (χ1) is 16.0. The topological polar surface area (TPSA) is 67.4 Å². The Morgan fingerprint density at radius 2 is 1.58 bits per heavy atom. The molecule has 170 valence electrons. The molecule has 1 aliphatic carbocycles. The normalized spacial score (nSPS) is 13.9. The number of para-hydroxylation sites is 2. The van der Waals surface area contributed by atoms with Gasteiger partial charge in [0.15, 0.2) is 5.78 Å². The smallest absolute Gasteiger partial charge is 0.411 e. The number of hydrogen-bond donors (Lipinski definition) is 2. The van der Waals surface area contributed by atoms with E-state index in [4.69, 9.17) is 16.3 Å².